The summed E-state index contributed by atoms with van der Waals surface area (Å²) >= 11 is 1.38. The van der Waals surface area contributed by atoms with E-state index in [4.69, 9.17) is 4.74 Å². The van der Waals surface area contributed by atoms with Gasteiger partial charge in [-0.05, 0) is 42.2 Å². The Balaban J connectivity index is 2.13. The zero-order chi connectivity index (χ0) is 13.5. The van der Waals surface area contributed by atoms with E-state index < -0.39 is 0 Å². The van der Waals surface area contributed by atoms with E-state index in [0.29, 0.717) is 0 Å². The van der Waals surface area contributed by atoms with E-state index in [1.54, 1.807) is 0 Å². The summed E-state index contributed by atoms with van der Waals surface area (Å²) in [6.07, 6.45) is 1.02. The van der Waals surface area contributed by atoms with Crippen molar-refractivity contribution in [1.82, 2.24) is 14.9 Å². The van der Waals surface area contributed by atoms with Crippen LogP contribution in [0.3, 0.4) is 0 Å². The molecule has 0 saturated carbocycles. The van der Waals surface area contributed by atoms with Crippen molar-refractivity contribution in [2.75, 3.05) is 13.2 Å². The van der Waals surface area contributed by atoms with E-state index in [1.165, 1.54) is 17.1 Å². The van der Waals surface area contributed by atoms with E-state index in [2.05, 4.69) is 40.9 Å². The second-order valence-corrected chi connectivity index (χ2v) is 4.85. The standard InChI is InChI=1S/C14H19N3OS/c1-3-9-18-12-7-5-11(6-8-12)14(15-4-2)13-10-19-17-16-13/h5-8,10,14-15H,3-4,9H2,1-2H3. The Morgan fingerprint density at radius 3 is 2.63 bits per heavy atom. The predicted octanol–water partition coefficient (Wildman–Crippen LogP) is 3.03. The summed E-state index contributed by atoms with van der Waals surface area (Å²) in [4.78, 5) is 0. The first-order valence-corrected chi connectivity index (χ1v) is 7.42. The second-order valence-electron chi connectivity index (χ2n) is 4.24. The number of nitrogens with one attached hydrogen (secondary N) is 1. The summed E-state index contributed by atoms with van der Waals surface area (Å²) in [6, 6.07) is 8.28. The zero-order valence-corrected chi connectivity index (χ0v) is 12.1. The molecule has 0 aliphatic carbocycles. The molecule has 1 heterocycles. The molecule has 1 atom stereocenters. The van der Waals surface area contributed by atoms with Gasteiger partial charge in [0, 0.05) is 5.38 Å². The molecule has 0 aliphatic rings. The summed E-state index contributed by atoms with van der Waals surface area (Å²) in [5, 5.41) is 9.57. The van der Waals surface area contributed by atoms with Crippen LogP contribution in [0.2, 0.25) is 0 Å². The molecule has 0 bridgehead atoms. The molecule has 1 unspecified atom stereocenters. The van der Waals surface area contributed by atoms with E-state index in [0.717, 1.165) is 31.0 Å². The predicted molar refractivity (Wildman–Crippen MR) is 77.7 cm³/mol. The number of hydrogen-bond acceptors (Lipinski definition) is 5. The van der Waals surface area contributed by atoms with Crippen LogP contribution in [0.4, 0.5) is 0 Å². The Kier molecular flexibility index (Phi) is 5.30. The van der Waals surface area contributed by atoms with E-state index in [1.807, 2.05) is 17.5 Å². The lowest BCUT2D eigenvalue weighted by Gasteiger charge is -2.16. The average Bonchev–Trinajstić information content (AvgIpc) is 2.97. The van der Waals surface area contributed by atoms with Crippen LogP contribution in [0.25, 0.3) is 0 Å². The number of aromatic nitrogens is 2. The fourth-order valence-electron chi connectivity index (χ4n) is 1.87. The van der Waals surface area contributed by atoms with Gasteiger partial charge in [-0.2, -0.15) is 0 Å². The summed E-state index contributed by atoms with van der Waals surface area (Å²) in [6.45, 7) is 5.83. The van der Waals surface area contributed by atoms with Gasteiger partial charge in [0.1, 0.15) is 5.75 Å². The van der Waals surface area contributed by atoms with Crippen LogP contribution in [0.1, 0.15) is 37.6 Å². The van der Waals surface area contributed by atoms with Crippen LogP contribution in [0.5, 0.6) is 5.75 Å². The van der Waals surface area contributed by atoms with Gasteiger partial charge < -0.3 is 10.1 Å². The Morgan fingerprint density at radius 1 is 1.26 bits per heavy atom. The number of rotatable bonds is 7. The van der Waals surface area contributed by atoms with Crippen LogP contribution in [0.15, 0.2) is 29.6 Å². The lowest BCUT2D eigenvalue weighted by atomic mass is 10.0. The van der Waals surface area contributed by atoms with Gasteiger partial charge >= 0.3 is 0 Å². The summed E-state index contributed by atoms with van der Waals surface area (Å²) in [5.41, 5.74) is 2.15. The highest BCUT2D eigenvalue weighted by Crippen LogP contribution is 2.23. The summed E-state index contributed by atoms with van der Waals surface area (Å²) in [7, 11) is 0. The Bertz CT molecular complexity index is 470. The van der Waals surface area contributed by atoms with Crippen LogP contribution in [-0.2, 0) is 0 Å². The molecule has 2 aromatic rings. The zero-order valence-electron chi connectivity index (χ0n) is 11.3. The minimum Gasteiger partial charge on any atom is -0.494 e. The van der Waals surface area contributed by atoms with Crippen molar-refractivity contribution in [3.05, 3.63) is 40.9 Å². The Hall–Kier alpha value is -1.46. The van der Waals surface area contributed by atoms with Gasteiger partial charge in [0.15, 0.2) is 0 Å². The van der Waals surface area contributed by atoms with Crippen LogP contribution >= 0.6 is 11.5 Å². The average molecular weight is 277 g/mol. The van der Waals surface area contributed by atoms with Crippen LogP contribution in [-0.4, -0.2) is 22.7 Å². The highest BCUT2D eigenvalue weighted by atomic mass is 32.1. The first-order chi connectivity index (χ1) is 9.35. The SMILES string of the molecule is CCCOc1ccc(C(NCC)c2csnn2)cc1. The monoisotopic (exact) mass is 277 g/mol. The molecule has 0 aliphatic heterocycles. The minimum absolute atomic E-state index is 0.101. The van der Waals surface area contributed by atoms with Crippen molar-refractivity contribution in [2.45, 2.75) is 26.3 Å². The molecule has 102 valence electrons. The topological polar surface area (TPSA) is 47.0 Å². The molecule has 0 saturated heterocycles. The van der Waals surface area contributed by atoms with Gasteiger partial charge in [-0.3, -0.25) is 0 Å². The summed E-state index contributed by atoms with van der Waals surface area (Å²) < 4.78 is 9.53. The van der Waals surface area contributed by atoms with Crippen molar-refractivity contribution >= 4 is 11.5 Å². The lowest BCUT2D eigenvalue weighted by Crippen LogP contribution is -2.22. The number of hydrogen-bond donors (Lipinski definition) is 1. The van der Waals surface area contributed by atoms with Crippen molar-refractivity contribution in [2.24, 2.45) is 0 Å². The molecular weight excluding hydrogens is 258 g/mol. The van der Waals surface area contributed by atoms with Crippen molar-refractivity contribution in [1.29, 1.82) is 0 Å². The third kappa shape index (κ3) is 3.75. The molecule has 0 fully saturated rings. The van der Waals surface area contributed by atoms with Crippen molar-refractivity contribution < 1.29 is 4.74 Å². The van der Waals surface area contributed by atoms with E-state index in [-0.39, 0.29) is 6.04 Å². The first-order valence-electron chi connectivity index (χ1n) is 6.58. The smallest absolute Gasteiger partial charge is 0.119 e. The fraction of sp³-hybridized carbons (Fsp3) is 0.429. The normalized spacial score (nSPS) is 12.3. The Morgan fingerprint density at radius 2 is 2.05 bits per heavy atom. The summed E-state index contributed by atoms with van der Waals surface area (Å²) in [5.74, 6) is 0.914. The molecule has 1 aromatic carbocycles. The maximum atomic E-state index is 5.59. The fourth-order valence-corrected chi connectivity index (χ4v) is 2.35. The molecular formula is C14H19N3OS. The van der Waals surface area contributed by atoms with E-state index in [9.17, 15) is 0 Å². The largest absolute Gasteiger partial charge is 0.494 e. The Labute approximate surface area is 118 Å². The molecule has 0 amide bonds. The quantitative estimate of drug-likeness (QED) is 0.845. The van der Waals surface area contributed by atoms with Gasteiger partial charge in [0.2, 0.25) is 0 Å². The van der Waals surface area contributed by atoms with Crippen molar-refractivity contribution in [3.63, 3.8) is 0 Å². The minimum atomic E-state index is 0.101. The molecule has 19 heavy (non-hydrogen) atoms. The molecule has 4 nitrogen and oxygen atoms in total. The molecule has 1 aromatic heterocycles. The first kappa shape index (κ1) is 14.0. The maximum Gasteiger partial charge on any atom is 0.119 e. The molecule has 5 heteroatoms. The third-order valence-corrected chi connectivity index (χ3v) is 3.29. The number of benzene rings is 1. The van der Waals surface area contributed by atoms with Gasteiger partial charge in [-0.25, -0.2) is 0 Å². The van der Waals surface area contributed by atoms with Gasteiger partial charge in [0.25, 0.3) is 0 Å². The van der Waals surface area contributed by atoms with Gasteiger partial charge in [0.05, 0.1) is 18.3 Å². The maximum absolute atomic E-state index is 5.59. The second kappa shape index (κ2) is 7.21. The third-order valence-electron chi connectivity index (χ3n) is 2.77. The molecule has 1 N–H and O–H groups in total. The highest BCUT2D eigenvalue weighted by Gasteiger charge is 2.15. The molecule has 0 radical (unpaired) electrons. The van der Waals surface area contributed by atoms with Crippen molar-refractivity contribution in [3.8, 4) is 5.75 Å². The van der Waals surface area contributed by atoms with E-state index >= 15 is 0 Å². The molecule has 0 spiro atoms. The lowest BCUT2D eigenvalue weighted by molar-refractivity contribution is 0.317. The van der Waals surface area contributed by atoms with Crippen LogP contribution < -0.4 is 10.1 Å². The van der Waals surface area contributed by atoms with Gasteiger partial charge in [-0.15, -0.1) is 5.10 Å². The van der Waals surface area contributed by atoms with Gasteiger partial charge in [-0.1, -0.05) is 30.5 Å². The highest BCUT2D eigenvalue weighted by molar-refractivity contribution is 7.03. The van der Waals surface area contributed by atoms with Crippen LogP contribution in [0, 0.1) is 0 Å². The molecule has 2 rings (SSSR count). The number of ether oxygens (including phenoxy) is 1. The number of nitrogens with zero attached hydrogens (tertiary/aromatic N) is 2.